The molecule has 1 saturated heterocycles. The molecule has 0 aliphatic carbocycles. The highest BCUT2D eigenvalue weighted by Gasteiger charge is 2.23. The Morgan fingerprint density at radius 1 is 1.36 bits per heavy atom. The van der Waals surface area contributed by atoms with Gasteiger partial charge in [-0.1, -0.05) is 20.2 Å². The molecule has 0 bridgehead atoms. The van der Waals surface area contributed by atoms with Gasteiger partial charge in [0.2, 0.25) is 10.0 Å². The Morgan fingerprint density at radius 2 is 2.19 bits per heavy atom. The van der Waals surface area contributed by atoms with Crippen molar-refractivity contribution in [2.75, 3.05) is 26.7 Å². The predicted octanol–water partition coefficient (Wildman–Crippen LogP) is 2.83. The number of hydrogen-bond donors (Lipinski definition) is 2. The molecule has 1 aliphatic heterocycles. The first-order valence-corrected chi connectivity index (χ1v) is 13.2. The SMILES string of the molecule is [2H]C(CC1CCCN1C)NS(=O)(=O)c1ccc(OCCC)c(-c2nc3c(C([2H])([2H])C([2H])([2H])C)nn(C([2H])([2H])[2H])c3c(=O)[nH]2)c1. The molecule has 0 amide bonds. The molecule has 2 N–H and O–H groups in total. The van der Waals surface area contributed by atoms with Crippen molar-refractivity contribution in [3.05, 3.63) is 34.2 Å². The molecule has 4 rings (SSSR count). The topological polar surface area (TPSA) is 122 Å². The highest BCUT2D eigenvalue weighted by atomic mass is 32.2. The predicted molar refractivity (Wildman–Crippen MR) is 140 cm³/mol. The fraction of sp³-hybridized carbons (Fsp3) is 0.560. The summed E-state index contributed by atoms with van der Waals surface area (Å²) in [6.45, 7) is -0.268. The number of benzene rings is 1. The lowest BCUT2D eigenvalue weighted by atomic mass is 10.1. The first-order valence-electron chi connectivity index (χ1n) is 15.8. The monoisotopic (exact) mass is 524 g/mol. The maximum Gasteiger partial charge on any atom is 0.277 e. The van der Waals surface area contributed by atoms with Crippen molar-refractivity contribution in [1.29, 1.82) is 0 Å². The molecule has 1 aromatic carbocycles. The van der Waals surface area contributed by atoms with Crippen LogP contribution in [-0.4, -0.2) is 65.8 Å². The minimum absolute atomic E-state index is 0.00923. The van der Waals surface area contributed by atoms with Gasteiger partial charge in [-0.15, -0.1) is 0 Å². The number of nitrogens with one attached hydrogen (secondary N) is 2. The Morgan fingerprint density at radius 3 is 2.89 bits per heavy atom. The lowest BCUT2D eigenvalue weighted by Crippen LogP contribution is -2.31. The van der Waals surface area contributed by atoms with Gasteiger partial charge in [0.1, 0.15) is 17.1 Å². The van der Waals surface area contributed by atoms with Gasteiger partial charge in [-0.2, -0.15) is 5.10 Å². The fourth-order valence-electron chi connectivity index (χ4n) is 4.19. The third-order valence-corrected chi connectivity index (χ3v) is 7.40. The number of likely N-dealkylation sites (tertiary alicyclic amines) is 1. The van der Waals surface area contributed by atoms with Crippen molar-refractivity contribution in [3.63, 3.8) is 0 Å². The van der Waals surface area contributed by atoms with Gasteiger partial charge in [0.15, 0.2) is 5.52 Å². The molecule has 0 spiro atoms. The van der Waals surface area contributed by atoms with Crippen LogP contribution in [-0.2, 0) is 23.4 Å². The molecule has 0 radical (unpaired) electrons. The standard InChI is InChI=1S/C25H36N6O4S/c1-5-8-20-22-23(31(4)29-20)25(32)28-24(27-22)19-16-18(10-11-21(19)35-15-6-2)36(33,34)26-13-12-17-9-7-14-30(17)3/h10-11,16-17,26H,5-9,12-15H2,1-4H3,(H,27,28,32)/i4D3,5D2,8D2,13D. The van der Waals surface area contributed by atoms with Gasteiger partial charge >= 0.3 is 0 Å². The molecule has 3 heterocycles. The van der Waals surface area contributed by atoms with Gasteiger partial charge in [-0.05, 0) is 63.8 Å². The van der Waals surface area contributed by atoms with Gasteiger partial charge in [-0.3, -0.25) is 9.48 Å². The number of hydrogen-bond acceptors (Lipinski definition) is 7. The summed E-state index contributed by atoms with van der Waals surface area (Å²) < 4.78 is 99.8. The number of H-pyrrole nitrogens is 1. The zero-order valence-electron chi connectivity index (χ0n) is 28.5. The molecule has 196 valence electrons. The molecule has 10 nitrogen and oxygen atoms in total. The van der Waals surface area contributed by atoms with E-state index in [1.165, 1.54) is 18.2 Å². The molecule has 3 aromatic rings. The normalized spacial score (nSPS) is 22.0. The second kappa shape index (κ2) is 11.1. The van der Waals surface area contributed by atoms with E-state index in [0.717, 1.165) is 26.3 Å². The number of ether oxygens (including phenoxy) is 1. The van der Waals surface area contributed by atoms with Crippen LogP contribution in [0.4, 0.5) is 0 Å². The van der Waals surface area contributed by atoms with Crippen molar-refractivity contribution in [1.82, 2.24) is 29.4 Å². The smallest absolute Gasteiger partial charge is 0.277 e. The maximum atomic E-state index is 13.4. The second-order valence-electron chi connectivity index (χ2n) is 8.59. The molecule has 1 fully saturated rings. The highest BCUT2D eigenvalue weighted by Crippen LogP contribution is 2.31. The molecular weight excluding hydrogens is 480 g/mol. The molecule has 1 aliphatic rings. The van der Waals surface area contributed by atoms with E-state index in [1.54, 1.807) is 0 Å². The summed E-state index contributed by atoms with van der Waals surface area (Å²) in [7, 11) is -2.31. The third-order valence-electron chi connectivity index (χ3n) is 6.05. The molecule has 2 unspecified atom stereocenters. The molecule has 11 heteroatoms. The van der Waals surface area contributed by atoms with Crippen LogP contribution in [0.2, 0.25) is 0 Å². The maximum absolute atomic E-state index is 13.4. The number of rotatable bonds is 11. The summed E-state index contributed by atoms with van der Waals surface area (Å²) in [6, 6.07) is 3.91. The largest absolute Gasteiger partial charge is 0.493 e. The average molecular weight is 525 g/mol. The van der Waals surface area contributed by atoms with E-state index in [0.29, 0.717) is 11.1 Å². The summed E-state index contributed by atoms with van der Waals surface area (Å²) in [4.78, 5) is 21.9. The Bertz CT molecular complexity index is 1690. The third kappa shape index (κ3) is 5.47. The van der Waals surface area contributed by atoms with Crippen LogP contribution in [0.1, 0.15) is 62.6 Å². The molecule has 2 aromatic heterocycles. The van der Waals surface area contributed by atoms with Crippen LogP contribution in [0.15, 0.2) is 27.9 Å². The zero-order chi connectivity index (χ0) is 32.8. The lowest BCUT2D eigenvalue weighted by molar-refractivity contribution is 0.297. The summed E-state index contributed by atoms with van der Waals surface area (Å²) >= 11 is 0. The highest BCUT2D eigenvalue weighted by molar-refractivity contribution is 7.89. The molecule has 0 saturated carbocycles. The molecule has 2 atom stereocenters. The second-order valence-corrected chi connectivity index (χ2v) is 10.3. The summed E-state index contributed by atoms with van der Waals surface area (Å²) in [5, 5.41) is 3.80. The van der Waals surface area contributed by atoms with Crippen LogP contribution in [0.3, 0.4) is 0 Å². The Hall–Kier alpha value is -2.76. The average Bonchev–Trinajstić information content (AvgIpc) is 3.50. The first-order chi connectivity index (χ1) is 20.3. The quantitative estimate of drug-likeness (QED) is 0.395. The molecule has 36 heavy (non-hydrogen) atoms. The minimum atomic E-state index is -4.24. The van der Waals surface area contributed by atoms with E-state index in [1.807, 2.05) is 14.0 Å². The van der Waals surface area contributed by atoms with E-state index < -0.39 is 58.6 Å². The number of fused-ring (bicyclic) bond motifs is 1. The van der Waals surface area contributed by atoms with Crippen molar-refractivity contribution in [2.45, 2.75) is 63.2 Å². The zero-order valence-corrected chi connectivity index (χ0v) is 21.3. The first kappa shape index (κ1) is 17.7. The van der Waals surface area contributed by atoms with Gasteiger partial charge in [0.25, 0.3) is 5.56 Å². The van der Waals surface area contributed by atoms with Crippen LogP contribution in [0.25, 0.3) is 22.4 Å². The van der Waals surface area contributed by atoms with E-state index in [-0.39, 0.29) is 41.1 Å². The van der Waals surface area contributed by atoms with Crippen molar-refractivity contribution in [2.24, 2.45) is 6.98 Å². The summed E-state index contributed by atoms with van der Waals surface area (Å²) in [5.74, 6) is -0.152. The van der Waals surface area contributed by atoms with Crippen LogP contribution in [0.5, 0.6) is 5.75 Å². The number of aromatic nitrogens is 4. The number of nitrogens with zero attached hydrogens (tertiary/aromatic N) is 4. The minimum Gasteiger partial charge on any atom is -0.493 e. The fourth-order valence-corrected chi connectivity index (χ4v) is 5.17. The van der Waals surface area contributed by atoms with E-state index in [2.05, 4.69) is 24.7 Å². The number of aryl methyl sites for hydroxylation is 2. The van der Waals surface area contributed by atoms with Crippen LogP contribution in [0, 0.1) is 0 Å². The van der Waals surface area contributed by atoms with Crippen molar-refractivity contribution < 1.29 is 24.1 Å². The van der Waals surface area contributed by atoms with Gasteiger partial charge < -0.3 is 14.6 Å². The van der Waals surface area contributed by atoms with Gasteiger partial charge in [0.05, 0.1) is 22.8 Å². The summed E-state index contributed by atoms with van der Waals surface area (Å²) in [5.41, 5.74) is -2.85. The van der Waals surface area contributed by atoms with E-state index >= 15 is 0 Å². The summed E-state index contributed by atoms with van der Waals surface area (Å²) in [6.07, 6.45) is -2.74. The van der Waals surface area contributed by atoms with E-state index in [4.69, 9.17) is 15.7 Å². The number of aromatic amines is 1. The van der Waals surface area contributed by atoms with Crippen molar-refractivity contribution in [3.8, 4) is 17.1 Å². The number of sulfonamides is 1. The Labute approximate surface area is 223 Å². The van der Waals surface area contributed by atoms with Crippen LogP contribution >= 0.6 is 0 Å². The van der Waals surface area contributed by atoms with Gasteiger partial charge in [0, 0.05) is 30.5 Å². The Kier molecular flexibility index (Phi) is 5.44. The lowest BCUT2D eigenvalue weighted by Gasteiger charge is -2.19. The molecular formula is C25H36N6O4S. The van der Waals surface area contributed by atoms with Gasteiger partial charge in [-0.25, -0.2) is 18.1 Å². The van der Waals surface area contributed by atoms with Crippen molar-refractivity contribution >= 4 is 21.1 Å². The van der Waals surface area contributed by atoms with E-state index in [9.17, 15) is 13.2 Å². The van der Waals surface area contributed by atoms with Crippen LogP contribution < -0.4 is 15.0 Å². The Balaban J connectivity index is 1.87.